The van der Waals surface area contributed by atoms with Gasteiger partial charge in [-0.25, -0.2) is 0 Å². The normalized spacial score (nSPS) is 33.7. The molecule has 3 nitrogen and oxygen atoms in total. The van der Waals surface area contributed by atoms with Gasteiger partial charge in [-0.2, -0.15) is 0 Å². The van der Waals surface area contributed by atoms with Crippen LogP contribution in [0.15, 0.2) is 0 Å². The van der Waals surface area contributed by atoms with E-state index in [-0.39, 0.29) is 17.7 Å². The molecule has 0 amide bonds. The van der Waals surface area contributed by atoms with Crippen LogP contribution in [-0.4, -0.2) is 48.6 Å². The molecule has 3 aliphatic rings. The maximum absolute atomic E-state index is 12.2. The highest BCUT2D eigenvalue weighted by atomic mass is 19.4. The number of halogens is 3. The molecule has 2 saturated carbocycles. The Hall–Kier alpha value is -0.330. The van der Waals surface area contributed by atoms with E-state index in [2.05, 4.69) is 21.9 Å². The van der Waals surface area contributed by atoms with Gasteiger partial charge in [0.15, 0.2) is 0 Å². The Bertz CT molecular complexity index is 378. The summed E-state index contributed by atoms with van der Waals surface area (Å²) in [5.41, 5.74) is 0.120. The Morgan fingerprint density at radius 2 is 1.90 bits per heavy atom. The molecule has 2 aliphatic carbocycles. The van der Waals surface area contributed by atoms with Crippen LogP contribution in [0.1, 0.15) is 45.4 Å². The van der Waals surface area contributed by atoms with Crippen LogP contribution >= 0.6 is 0 Å². The van der Waals surface area contributed by atoms with Gasteiger partial charge in [0.2, 0.25) is 0 Å². The van der Waals surface area contributed by atoms with Crippen molar-refractivity contribution in [3.63, 3.8) is 0 Å². The number of hydrogen-bond donors (Lipinski definition) is 1. The Morgan fingerprint density at radius 1 is 1.24 bits per heavy atom. The fourth-order valence-corrected chi connectivity index (χ4v) is 4.18. The second-order valence-corrected chi connectivity index (χ2v) is 7.19. The smallest absolute Gasteiger partial charge is 0.308 e. The largest absolute Gasteiger partial charge is 0.522 e. The van der Waals surface area contributed by atoms with Gasteiger partial charge < -0.3 is 5.32 Å². The standard InChI is InChI=1S/C15H25F3N2O/c1-13(12-4-5-12)10-19-14(6-2-3-7-14)11-20(13)8-9-21-15(16,17)18/h12,19H,2-11H2,1H3. The fourth-order valence-electron chi connectivity index (χ4n) is 4.18. The number of alkyl halides is 3. The van der Waals surface area contributed by atoms with Gasteiger partial charge >= 0.3 is 6.36 Å². The van der Waals surface area contributed by atoms with E-state index < -0.39 is 6.36 Å². The van der Waals surface area contributed by atoms with Gasteiger partial charge in [0, 0.05) is 30.7 Å². The predicted molar refractivity (Wildman–Crippen MR) is 73.9 cm³/mol. The molecule has 1 N–H and O–H groups in total. The van der Waals surface area contributed by atoms with Crippen LogP contribution in [0.3, 0.4) is 0 Å². The molecule has 1 atom stereocenters. The summed E-state index contributed by atoms with van der Waals surface area (Å²) < 4.78 is 40.7. The number of hydrogen-bond acceptors (Lipinski definition) is 3. The molecular formula is C15H25F3N2O. The average molecular weight is 306 g/mol. The maximum Gasteiger partial charge on any atom is 0.522 e. The number of nitrogens with zero attached hydrogens (tertiary/aromatic N) is 1. The molecule has 21 heavy (non-hydrogen) atoms. The third-order valence-corrected chi connectivity index (χ3v) is 5.68. The highest BCUT2D eigenvalue weighted by molar-refractivity contribution is 5.10. The first-order valence-electron chi connectivity index (χ1n) is 8.04. The molecule has 122 valence electrons. The molecule has 0 bridgehead atoms. The van der Waals surface area contributed by atoms with E-state index in [0.717, 1.165) is 25.9 Å². The molecule has 1 heterocycles. The topological polar surface area (TPSA) is 24.5 Å². The van der Waals surface area contributed by atoms with Gasteiger partial charge in [0.05, 0.1) is 6.61 Å². The van der Waals surface area contributed by atoms with Crippen molar-refractivity contribution in [2.75, 3.05) is 26.2 Å². The first kappa shape index (κ1) is 15.6. The third-order valence-electron chi connectivity index (χ3n) is 5.68. The van der Waals surface area contributed by atoms with E-state index in [1.807, 2.05) is 0 Å². The molecule has 1 aliphatic heterocycles. The van der Waals surface area contributed by atoms with E-state index in [4.69, 9.17) is 0 Å². The molecule has 0 radical (unpaired) electrons. The van der Waals surface area contributed by atoms with Gasteiger partial charge in [-0.15, -0.1) is 13.2 Å². The number of nitrogens with one attached hydrogen (secondary N) is 1. The lowest BCUT2D eigenvalue weighted by Crippen LogP contribution is -2.69. The minimum absolute atomic E-state index is 0.0111. The van der Waals surface area contributed by atoms with Crippen LogP contribution in [0.5, 0.6) is 0 Å². The van der Waals surface area contributed by atoms with Crippen molar-refractivity contribution in [1.82, 2.24) is 10.2 Å². The number of rotatable bonds is 4. The highest BCUT2D eigenvalue weighted by Crippen LogP contribution is 2.46. The van der Waals surface area contributed by atoms with Crippen LogP contribution < -0.4 is 5.32 Å². The molecule has 1 spiro atoms. The Morgan fingerprint density at radius 3 is 2.48 bits per heavy atom. The van der Waals surface area contributed by atoms with Crippen LogP contribution in [0.2, 0.25) is 0 Å². The van der Waals surface area contributed by atoms with Gasteiger partial charge in [0.1, 0.15) is 0 Å². The van der Waals surface area contributed by atoms with Crippen LogP contribution in [-0.2, 0) is 4.74 Å². The molecule has 1 saturated heterocycles. The van der Waals surface area contributed by atoms with E-state index in [1.165, 1.54) is 25.7 Å². The van der Waals surface area contributed by atoms with E-state index >= 15 is 0 Å². The van der Waals surface area contributed by atoms with Crippen molar-refractivity contribution in [3.05, 3.63) is 0 Å². The van der Waals surface area contributed by atoms with Crippen LogP contribution in [0, 0.1) is 5.92 Å². The molecule has 3 rings (SSSR count). The summed E-state index contributed by atoms with van der Waals surface area (Å²) >= 11 is 0. The van der Waals surface area contributed by atoms with Gasteiger partial charge in [-0.3, -0.25) is 9.64 Å². The van der Waals surface area contributed by atoms with Crippen LogP contribution in [0.25, 0.3) is 0 Å². The second kappa shape index (κ2) is 5.39. The minimum atomic E-state index is -4.52. The molecule has 0 aromatic heterocycles. The van der Waals surface area contributed by atoms with E-state index in [9.17, 15) is 13.2 Å². The summed E-state index contributed by atoms with van der Waals surface area (Å²) in [5, 5.41) is 3.74. The van der Waals surface area contributed by atoms with Crippen molar-refractivity contribution < 1.29 is 17.9 Å². The number of piperazine rings is 1. The maximum atomic E-state index is 12.2. The Kier molecular flexibility index (Phi) is 3.99. The van der Waals surface area contributed by atoms with E-state index in [0.29, 0.717) is 12.5 Å². The molecule has 3 fully saturated rings. The van der Waals surface area contributed by atoms with Gasteiger partial charge in [-0.1, -0.05) is 12.8 Å². The monoisotopic (exact) mass is 306 g/mol. The van der Waals surface area contributed by atoms with E-state index in [1.54, 1.807) is 0 Å². The summed E-state index contributed by atoms with van der Waals surface area (Å²) in [6, 6.07) is 0. The zero-order valence-corrected chi connectivity index (χ0v) is 12.6. The molecule has 6 heteroatoms. The zero-order valence-electron chi connectivity index (χ0n) is 12.6. The summed E-state index contributed by atoms with van der Waals surface area (Å²) in [5.74, 6) is 0.620. The van der Waals surface area contributed by atoms with Crippen molar-refractivity contribution in [2.24, 2.45) is 5.92 Å². The molecule has 1 unspecified atom stereocenters. The van der Waals surface area contributed by atoms with Gasteiger partial charge in [0.25, 0.3) is 0 Å². The summed E-state index contributed by atoms with van der Waals surface area (Å²) in [7, 11) is 0. The fraction of sp³-hybridized carbons (Fsp3) is 1.00. The lowest BCUT2D eigenvalue weighted by molar-refractivity contribution is -0.325. The third kappa shape index (κ3) is 3.37. The summed E-state index contributed by atoms with van der Waals surface area (Å²) in [4.78, 5) is 2.28. The highest BCUT2D eigenvalue weighted by Gasteiger charge is 2.52. The Balaban J connectivity index is 1.65. The number of ether oxygens (including phenoxy) is 1. The molecular weight excluding hydrogens is 281 g/mol. The predicted octanol–water partition coefficient (Wildman–Crippen LogP) is 2.91. The van der Waals surface area contributed by atoms with Gasteiger partial charge in [-0.05, 0) is 38.5 Å². The molecule has 0 aromatic carbocycles. The lowest BCUT2D eigenvalue weighted by Gasteiger charge is -2.53. The van der Waals surface area contributed by atoms with Crippen molar-refractivity contribution >= 4 is 0 Å². The Labute approximate surface area is 124 Å². The van der Waals surface area contributed by atoms with Crippen molar-refractivity contribution in [2.45, 2.75) is 62.9 Å². The summed E-state index contributed by atoms with van der Waals surface area (Å²) in [6.45, 7) is 4.07. The lowest BCUT2D eigenvalue weighted by atomic mass is 9.83. The van der Waals surface area contributed by atoms with Crippen LogP contribution in [0.4, 0.5) is 13.2 Å². The minimum Gasteiger partial charge on any atom is -0.308 e. The first-order chi connectivity index (χ1) is 9.83. The average Bonchev–Trinajstić information content (AvgIpc) is 3.16. The zero-order chi connectivity index (χ0) is 15.1. The van der Waals surface area contributed by atoms with Crippen molar-refractivity contribution in [3.8, 4) is 0 Å². The second-order valence-electron chi connectivity index (χ2n) is 7.19. The molecule has 0 aromatic rings. The summed E-state index contributed by atoms with van der Waals surface area (Å²) in [6.07, 6.45) is 2.60. The quantitative estimate of drug-likeness (QED) is 0.864. The van der Waals surface area contributed by atoms with Crippen molar-refractivity contribution in [1.29, 1.82) is 0 Å². The SMILES string of the molecule is CC1(C2CC2)CNC2(CCCC2)CN1CCOC(F)(F)F. The first-order valence-corrected chi connectivity index (χ1v) is 8.04.